The lowest BCUT2D eigenvalue weighted by molar-refractivity contribution is 0.416. The number of hydrogen-bond donors (Lipinski definition) is 1. The van der Waals surface area contributed by atoms with Gasteiger partial charge in [0, 0.05) is 19.2 Å². The summed E-state index contributed by atoms with van der Waals surface area (Å²) in [6.45, 7) is 2.17. The first-order valence-corrected chi connectivity index (χ1v) is 4.85. The van der Waals surface area contributed by atoms with E-state index >= 15 is 0 Å². The van der Waals surface area contributed by atoms with Crippen molar-refractivity contribution >= 4 is 11.5 Å². The number of nitrogens with zero attached hydrogens (tertiary/aromatic N) is 2. The molecule has 1 fully saturated rings. The molecular weight excluding hydrogens is 178 g/mol. The smallest absolute Gasteiger partial charge is 0.147 e. The molecule has 0 spiro atoms. The van der Waals surface area contributed by atoms with Crippen LogP contribution in [0.1, 0.15) is 12.8 Å². The molecule has 1 aromatic heterocycles. The number of aromatic nitrogens is 1. The fraction of sp³-hybridized carbons (Fsp3) is 0.500. The van der Waals surface area contributed by atoms with E-state index in [2.05, 4.69) is 9.88 Å². The van der Waals surface area contributed by atoms with Gasteiger partial charge in [-0.15, -0.1) is 0 Å². The number of pyridine rings is 1. The molecule has 0 atom stereocenters. The Bertz CT molecular complexity index is 321. The van der Waals surface area contributed by atoms with E-state index in [0.717, 1.165) is 18.9 Å². The molecule has 76 valence electrons. The molecule has 1 aromatic rings. The number of methoxy groups -OCH3 is 1. The minimum atomic E-state index is 0.593. The molecule has 0 radical (unpaired) electrons. The van der Waals surface area contributed by atoms with E-state index in [1.165, 1.54) is 12.8 Å². The fourth-order valence-electron chi connectivity index (χ4n) is 1.73. The van der Waals surface area contributed by atoms with Crippen molar-refractivity contribution in [1.82, 2.24) is 4.98 Å². The molecule has 0 aromatic carbocycles. The van der Waals surface area contributed by atoms with E-state index in [0.29, 0.717) is 11.4 Å². The highest BCUT2D eigenvalue weighted by Gasteiger charge is 2.14. The molecule has 2 N–H and O–H groups in total. The van der Waals surface area contributed by atoms with Crippen molar-refractivity contribution in [3.63, 3.8) is 0 Å². The Morgan fingerprint density at radius 1 is 1.43 bits per heavy atom. The van der Waals surface area contributed by atoms with Crippen LogP contribution in [0.2, 0.25) is 0 Å². The lowest BCUT2D eigenvalue weighted by Crippen LogP contribution is -2.19. The standard InChI is InChI=1S/C10H15N3O/c1-14-9-6-10(12-7-8(9)11)13-4-2-3-5-13/h6-7H,2-5,11H2,1H3. The molecule has 1 aliphatic heterocycles. The number of nitrogen functional groups attached to an aromatic ring is 1. The van der Waals surface area contributed by atoms with Gasteiger partial charge in [0.1, 0.15) is 11.6 Å². The monoisotopic (exact) mass is 193 g/mol. The predicted molar refractivity (Wildman–Crippen MR) is 56.6 cm³/mol. The van der Waals surface area contributed by atoms with Gasteiger partial charge >= 0.3 is 0 Å². The van der Waals surface area contributed by atoms with Gasteiger partial charge in [0.15, 0.2) is 0 Å². The minimum Gasteiger partial charge on any atom is -0.494 e. The molecule has 0 unspecified atom stereocenters. The van der Waals surface area contributed by atoms with E-state index in [1.54, 1.807) is 13.3 Å². The Morgan fingerprint density at radius 3 is 2.79 bits per heavy atom. The Balaban J connectivity index is 2.25. The second kappa shape index (κ2) is 3.74. The molecular formula is C10H15N3O. The van der Waals surface area contributed by atoms with Gasteiger partial charge in [-0.3, -0.25) is 0 Å². The summed E-state index contributed by atoms with van der Waals surface area (Å²) < 4.78 is 5.15. The summed E-state index contributed by atoms with van der Waals surface area (Å²) in [5.74, 6) is 1.68. The number of anilines is 2. The van der Waals surface area contributed by atoms with Crippen LogP contribution in [0.5, 0.6) is 5.75 Å². The van der Waals surface area contributed by atoms with E-state index in [9.17, 15) is 0 Å². The fourth-order valence-corrected chi connectivity index (χ4v) is 1.73. The lowest BCUT2D eigenvalue weighted by Gasteiger charge is -2.17. The Kier molecular flexibility index (Phi) is 2.43. The highest BCUT2D eigenvalue weighted by Crippen LogP contribution is 2.26. The molecule has 0 bridgehead atoms. The van der Waals surface area contributed by atoms with E-state index in [1.807, 2.05) is 6.07 Å². The van der Waals surface area contributed by atoms with Crippen molar-refractivity contribution in [1.29, 1.82) is 0 Å². The van der Waals surface area contributed by atoms with E-state index < -0.39 is 0 Å². The normalized spacial score (nSPS) is 15.9. The summed E-state index contributed by atoms with van der Waals surface area (Å²) in [5.41, 5.74) is 6.29. The first kappa shape index (κ1) is 9.12. The quantitative estimate of drug-likeness (QED) is 0.768. The van der Waals surface area contributed by atoms with Crippen molar-refractivity contribution in [2.45, 2.75) is 12.8 Å². The van der Waals surface area contributed by atoms with E-state index in [4.69, 9.17) is 10.5 Å². The molecule has 4 heteroatoms. The number of ether oxygens (including phenoxy) is 1. The van der Waals surface area contributed by atoms with Gasteiger partial charge in [-0.05, 0) is 12.8 Å². The van der Waals surface area contributed by atoms with Crippen LogP contribution in [0.15, 0.2) is 12.3 Å². The molecule has 0 amide bonds. The van der Waals surface area contributed by atoms with Gasteiger partial charge in [0.2, 0.25) is 0 Å². The van der Waals surface area contributed by atoms with Crippen LogP contribution in [-0.2, 0) is 0 Å². The molecule has 2 rings (SSSR count). The maximum Gasteiger partial charge on any atom is 0.147 e. The van der Waals surface area contributed by atoms with Crippen molar-refractivity contribution < 1.29 is 4.74 Å². The third kappa shape index (κ3) is 1.60. The van der Waals surface area contributed by atoms with Crippen LogP contribution in [-0.4, -0.2) is 25.2 Å². The number of nitrogens with two attached hydrogens (primary N) is 1. The van der Waals surface area contributed by atoms with Gasteiger partial charge in [-0.2, -0.15) is 0 Å². The maximum absolute atomic E-state index is 5.69. The van der Waals surface area contributed by atoms with Gasteiger partial charge in [0.25, 0.3) is 0 Å². The molecule has 1 saturated heterocycles. The summed E-state index contributed by atoms with van der Waals surface area (Å²) in [6.07, 6.45) is 4.15. The first-order valence-electron chi connectivity index (χ1n) is 4.85. The van der Waals surface area contributed by atoms with Crippen LogP contribution >= 0.6 is 0 Å². The van der Waals surface area contributed by atoms with Gasteiger partial charge in [-0.25, -0.2) is 4.98 Å². The van der Waals surface area contributed by atoms with Crippen LogP contribution in [0.25, 0.3) is 0 Å². The topological polar surface area (TPSA) is 51.4 Å². The molecule has 4 nitrogen and oxygen atoms in total. The molecule has 1 aliphatic rings. The maximum atomic E-state index is 5.69. The number of hydrogen-bond acceptors (Lipinski definition) is 4. The third-order valence-corrected chi connectivity index (χ3v) is 2.53. The highest BCUT2D eigenvalue weighted by molar-refractivity contribution is 5.57. The molecule has 14 heavy (non-hydrogen) atoms. The lowest BCUT2D eigenvalue weighted by atomic mass is 10.3. The average Bonchev–Trinajstić information content (AvgIpc) is 2.71. The Hall–Kier alpha value is -1.45. The van der Waals surface area contributed by atoms with Crippen LogP contribution in [0, 0.1) is 0 Å². The van der Waals surface area contributed by atoms with Gasteiger partial charge in [0.05, 0.1) is 19.0 Å². The SMILES string of the molecule is COc1cc(N2CCCC2)ncc1N. The summed E-state index contributed by atoms with van der Waals surface area (Å²) in [4.78, 5) is 6.54. The zero-order valence-electron chi connectivity index (χ0n) is 8.36. The summed E-state index contributed by atoms with van der Waals surface area (Å²) >= 11 is 0. The zero-order chi connectivity index (χ0) is 9.97. The van der Waals surface area contributed by atoms with Gasteiger partial charge < -0.3 is 15.4 Å². The molecule has 2 heterocycles. The van der Waals surface area contributed by atoms with Crippen LogP contribution in [0.4, 0.5) is 11.5 Å². The molecule has 0 saturated carbocycles. The van der Waals surface area contributed by atoms with Crippen LogP contribution in [0.3, 0.4) is 0 Å². The van der Waals surface area contributed by atoms with E-state index in [-0.39, 0.29) is 0 Å². The van der Waals surface area contributed by atoms with Crippen molar-refractivity contribution in [2.75, 3.05) is 30.8 Å². The van der Waals surface area contributed by atoms with Crippen molar-refractivity contribution in [3.05, 3.63) is 12.3 Å². The number of rotatable bonds is 2. The Labute approximate surface area is 83.7 Å². The zero-order valence-corrected chi connectivity index (χ0v) is 8.36. The van der Waals surface area contributed by atoms with Crippen LogP contribution < -0.4 is 15.4 Å². The third-order valence-electron chi connectivity index (χ3n) is 2.53. The summed E-state index contributed by atoms with van der Waals surface area (Å²) in [5, 5.41) is 0. The Morgan fingerprint density at radius 2 is 2.14 bits per heavy atom. The summed E-state index contributed by atoms with van der Waals surface area (Å²) in [6, 6.07) is 1.90. The van der Waals surface area contributed by atoms with Crippen molar-refractivity contribution in [3.8, 4) is 5.75 Å². The second-order valence-electron chi connectivity index (χ2n) is 3.48. The second-order valence-corrected chi connectivity index (χ2v) is 3.48. The largest absolute Gasteiger partial charge is 0.494 e. The predicted octanol–water partition coefficient (Wildman–Crippen LogP) is 1.27. The first-order chi connectivity index (χ1) is 6.81. The molecule has 0 aliphatic carbocycles. The highest BCUT2D eigenvalue weighted by atomic mass is 16.5. The van der Waals surface area contributed by atoms with Crippen molar-refractivity contribution in [2.24, 2.45) is 0 Å². The average molecular weight is 193 g/mol. The minimum absolute atomic E-state index is 0.593. The summed E-state index contributed by atoms with van der Waals surface area (Å²) in [7, 11) is 1.62. The van der Waals surface area contributed by atoms with Gasteiger partial charge in [-0.1, -0.05) is 0 Å².